The van der Waals surface area contributed by atoms with Crippen molar-refractivity contribution < 1.29 is 0 Å². The summed E-state index contributed by atoms with van der Waals surface area (Å²) < 4.78 is 1.17. The monoisotopic (exact) mass is 408 g/mol. The van der Waals surface area contributed by atoms with Gasteiger partial charge in [-0.15, -0.1) is 0 Å². The van der Waals surface area contributed by atoms with Gasteiger partial charge in [0, 0.05) is 20.7 Å². The van der Waals surface area contributed by atoms with E-state index in [1.54, 1.807) is 6.20 Å². The summed E-state index contributed by atoms with van der Waals surface area (Å²) in [6.45, 7) is 0. The van der Waals surface area contributed by atoms with Crippen LogP contribution in [-0.4, -0.2) is 9.97 Å². The van der Waals surface area contributed by atoms with Crippen LogP contribution in [0.5, 0.6) is 0 Å². The van der Waals surface area contributed by atoms with Gasteiger partial charge in [0.15, 0.2) is 5.65 Å². The molecule has 0 bridgehead atoms. The Morgan fingerprint density at radius 2 is 1.48 bits per heavy atom. The third kappa shape index (κ3) is 2.84. The van der Waals surface area contributed by atoms with Crippen molar-refractivity contribution in [3.05, 3.63) is 82.6 Å². The van der Waals surface area contributed by atoms with Crippen LogP contribution in [0, 0.1) is 3.57 Å². The van der Waals surface area contributed by atoms with Crippen molar-refractivity contribution >= 4 is 33.6 Å². The van der Waals surface area contributed by atoms with Crippen LogP contribution in [-0.2, 0) is 0 Å². The highest BCUT2D eigenvalue weighted by Crippen LogP contribution is 2.28. The molecule has 4 aromatic rings. The molecule has 0 aliphatic carbocycles. The van der Waals surface area contributed by atoms with Crippen molar-refractivity contribution in [1.29, 1.82) is 0 Å². The molecule has 4 rings (SSSR count). The van der Waals surface area contributed by atoms with E-state index in [4.69, 9.17) is 4.98 Å². The van der Waals surface area contributed by atoms with Gasteiger partial charge in [0.1, 0.15) is 0 Å². The van der Waals surface area contributed by atoms with Crippen LogP contribution < -0.4 is 0 Å². The average molecular weight is 408 g/mol. The first kappa shape index (κ1) is 14.3. The van der Waals surface area contributed by atoms with Crippen LogP contribution in [0.4, 0.5) is 0 Å². The molecule has 2 aromatic carbocycles. The van der Waals surface area contributed by atoms with E-state index in [1.165, 1.54) is 14.7 Å². The summed E-state index contributed by atoms with van der Waals surface area (Å²) >= 11 is 2.35. The highest BCUT2D eigenvalue weighted by molar-refractivity contribution is 14.1. The average Bonchev–Trinajstić information content (AvgIpc) is 2.62. The van der Waals surface area contributed by atoms with Gasteiger partial charge < -0.3 is 0 Å². The lowest BCUT2D eigenvalue weighted by molar-refractivity contribution is 1.28. The Labute approximate surface area is 148 Å². The van der Waals surface area contributed by atoms with Crippen molar-refractivity contribution in [3.8, 4) is 22.4 Å². The number of fused-ring (bicyclic) bond motifs is 1. The van der Waals surface area contributed by atoms with Crippen molar-refractivity contribution in [2.75, 3.05) is 0 Å². The zero-order valence-corrected chi connectivity index (χ0v) is 14.4. The maximum atomic E-state index is 4.73. The molecule has 0 atom stereocenters. The van der Waals surface area contributed by atoms with Crippen LogP contribution in [0.3, 0.4) is 0 Å². The zero-order chi connectivity index (χ0) is 15.6. The largest absolute Gasteiger partial charge is 0.237 e. The molecule has 0 saturated carbocycles. The number of nitrogens with zero attached hydrogens (tertiary/aromatic N) is 2. The fourth-order valence-corrected chi connectivity index (χ4v) is 3.37. The van der Waals surface area contributed by atoms with Crippen LogP contribution in [0.2, 0.25) is 0 Å². The van der Waals surface area contributed by atoms with Gasteiger partial charge in [-0.1, -0.05) is 48.5 Å². The Balaban J connectivity index is 1.85. The van der Waals surface area contributed by atoms with Crippen molar-refractivity contribution in [3.63, 3.8) is 0 Å². The molecule has 0 aliphatic heterocycles. The van der Waals surface area contributed by atoms with Crippen LogP contribution >= 0.6 is 22.6 Å². The quantitative estimate of drug-likeness (QED) is 0.406. The Kier molecular flexibility index (Phi) is 3.79. The molecule has 3 heteroatoms. The van der Waals surface area contributed by atoms with Gasteiger partial charge in [0.05, 0.1) is 5.69 Å². The number of hydrogen-bond acceptors (Lipinski definition) is 2. The summed E-state index contributed by atoms with van der Waals surface area (Å²) in [5.41, 5.74) is 5.26. The summed E-state index contributed by atoms with van der Waals surface area (Å²) in [6.07, 6.45) is 1.79. The van der Waals surface area contributed by atoms with Crippen molar-refractivity contribution in [2.45, 2.75) is 0 Å². The van der Waals surface area contributed by atoms with Crippen LogP contribution in [0.15, 0.2) is 79.0 Å². The van der Waals surface area contributed by atoms with Crippen molar-refractivity contribution in [1.82, 2.24) is 9.97 Å². The molecular weight excluding hydrogens is 395 g/mol. The smallest absolute Gasteiger partial charge is 0.160 e. The number of benzene rings is 2. The highest BCUT2D eigenvalue weighted by Gasteiger charge is 2.07. The Morgan fingerprint density at radius 3 is 2.35 bits per heavy atom. The van der Waals surface area contributed by atoms with E-state index >= 15 is 0 Å². The highest BCUT2D eigenvalue weighted by atomic mass is 127. The maximum absolute atomic E-state index is 4.73. The lowest BCUT2D eigenvalue weighted by Crippen LogP contribution is -1.91. The maximum Gasteiger partial charge on any atom is 0.160 e. The minimum Gasteiger partial charge on any atom is -0.237 e. The van der Waals surface area contributed by atoms with Gasteiger partial charge in [-0.25, -0.2) is 9.97 Å². The molecule has 2 aromatic heterocycles. The fraction of sp³-hybridized carbons (Fsp3) is 0. The predicted octanol–water partition coefficient (Wildman–Crippen LogP) is 5.57. The number of aromatic nitrogens is 2. The van der Waals surface area contributed by atoms with Gasteiger partial charge in [-0.05, 0) is 58.0 Å². The molecule has 23 heavy (non-hydrogen) atoms. The fourth-order valence-electron chi connectivity index (χ4n) is 2.65. The SMILES string of the molecule is Ic1cc(-c2cccc(-c3ccccc3)c2)nc2ncccc12. The second kappa shape index (κ2) is 6.08. The first-order valence-electron chi connectivity index (χ1n) is 7.38. The zero-order valence-electron chi connectivity index (χ0n) is 12.3. The van der Waals surface area contributed by atoms with E-state index in [-0.39, 0.29) is 0 Å². The molecular formula is C20H13IN2. The number of hydrogen-bond donors (Lipinski definition) is 0. The number of halogens is 1. The topological polar surface area (TPSA) is 25.8 Å². The van der Waals surface area contributed by atoms with Gasteiger partial charge in [-0.3, -0.25) is 0 Å². The molecule has 110 valence electrons. The van der Waals surface area contributed by atoms with Crippen molar-refractivity contribution in [2.24, 2.45) is 0 Å². The van der Waals surface area contributed by atoms with Crippen LogP contribution in [0.1, 0.15) is 0 Å². The molecule has 0 fully saturated rings. The predicted molar refractivity (Wildman–Crippen MR) is 103 cm³/mol. The molecule has 0 spiro atoms. The van der Waals surface area contributed by atoms with E-state index in [0.717, 1.165) is 22.3 Å². The Bertz CT molecular complexity index is 981. The van der Waals surface area contributed by atoms with Gasteiger partial charge >= 0.3 is 0 Å². The number of pyridine rings is 2. The summed E-state index contributed by atoms with van der Waals surface area (Å²) in [6, 6.07) is 25.0. The minimum absolute atomic E-state index is 0.791. The van der Waals surface area contributed by atoms with E-state index in [0.29, 0.717) is 0 Å². The molecule has 0 N–H and O–H groups in total. The van der Waals surface area contributed by atoms with E-state index in [9.17, 15) is 0 Å². The van der Waals surface area contributed by atoms with Gasteiger partial charge in [-0.2, -0.15) is 0 Å². The standard InChI is InChI=1S/C20H13IN2/c21-18-13-19(23-20-17(18)10-5-11-22-20)16-9-4-8-15(12-16)14-6-2-1-3-7-14/h1-13H. The Hall–Kier alpha value is -2.27. The lowest BCUT2D eigenvalue weighted by atomic mass is 10.0. The summed E-state index contributed by atoms with van der Waals surface area (Å²) in [4.78, 5) is 9.12. The molecule has 0 amide bonds. The van der Waals surface area contributed by atoms with E-state index in [2.05, 4.69) is 88.2 Å². The van der Waals surface area contributed by atoms with Gasteiger partial charge in [0.25, 0.3) is 0 Å². The molecule has 2 nitrogen and oxygen atoms in total. The normalized spacial score (nSPS) is 10.8. The molecule has 0 saturated heterocycles. The summed E-state index contributed by atoms with van der Waals surface area (Å²) in [5, 5.41) is 1.09. The first-order valence-corrected chi connectivity index (χ1v) is 8.46. The second-order valence-corrected chi connectivity index (χ2v) is 6.47. The van der Waals surface area contributed by atoms with Crippen LogP contribution in [0.25, 0.3) is 33.4 Å². The lowest BCUT2D eigenvalue weighted by Gasteiger charge is -2.07. The minimum atomic E-state index is 0.791. The van der Waals surface area contributed by atoms with E-state index in [1.807, 2.05) is 12.1 Å². The molecule has 0 aliphatic rings. The first-order chi connectivity index (χ1) is 11.3. The second-order valence-electron chi connectivity index (χ2n) is 5.31. The van der Waals surface area contributed by atoms with E-state index < -0.39 is 0 Å². The third-order valence-corrected chi connectivity index (χ3v) is 4.69. The van der Waals surface area contributed by atoms with Gasteiger partial charge in [0.2, 0.25) is 0 Å². The summed E-state index contributed by atoms with van der Waals surface area (Å²) in [5.74, 6) is 0. The Morgan fingerprint density at radius 1 is 0.696 bits per heavy atom. The molecule has 0 unspecified atom stereocenters. The third-order valence-electron chi connectivity index (χ3n) is 3.80. The molecule has 2 heterocycles. The molecule has 0 radical (unpaired) electrons. The number of rotatable bonds is 2. The summed E-state index contributed by atoms with van der Waals surface area (Å²) in [7, 11) is 0.